The molecule has 13 heavy (non-hydrogen) atoms. The molecule has 2 aromatic heterocycles. The highest BCUT2D eigenvalue weighted by molar-refractivity contribution is 7.19. The number of nitriles is 1. The molecule has 0 aliphatic rings. The maximum Gasteiger partial charge on any atom is 0.153 e. The molecule has 64 valence electrons. The number of fused-ring (bicyclic) bond motifs is 1. The number of rotatable bonds is 0. The van der Waals surface area contributed by atoms with Crippen molar-refractivity contribution in [3.63, 3.8) is 0 Å². The van der Waals surface area contributed by atoms with Crippen LogP contribution in [0.5, 0.6) is 5.75 Å². The second-order valence-electron chi connectivity index (χ2n) is 2.70. The fourth-order valence-electron chi connectivity index (χ4n) is 1.13. The van der Waals surface area contributed by atoms with Crippen molar-refractivity contribution >= 4 is 21.6 Å². The molecule has 0 aromatic carbocycles. The van der Waals surface area contributed by atoms with Gasteiger partial charge in [-0.15, -0.1) is 11.3 Å². The molecule has 0 aliphatic carbocycles. The summed E-state index contributed by atoms with van der Waals surface area (Å²) in [6.07, 6.45) is 0. The summed E-state index contributed by atoms with van der Waals surface area (Å²) in [5.74, 6) is 0.0509. The Labute approximate surface area is 78.9 Å². The van der Waals surface area contributed by atoms with Crippen LogP contribution >= 0.6 is 11.3 Å². The van der Waals surface area contributed by atoms with E-state index in [0.29, 0.717) is 15.1 Å². The van der Waals surface area contributed by atoms with Gasteiger partial charge in [0.2, 0.25) is 0 Å². The van der Waals surface area contributed by atoms with Crippen molar-refractivity contribution in [2.75, 3.05) is 0 Å². The monoisotopic (exact) mass is 190 g/mol. The molecule has 0 aliphatic heterocycles. The molecule has 0 saturated carbocycles. The molecule has 0 spiro atoms. The lowest BCUT2D eigenvalue weighted by Gasteiger charge is -1.91. The van der Waals surface area contributed by atoms with E-state index >= 15 is 0 Å². The summed E-state index contributed by atoms with van der Waals surface area (Å²) >= 11 is 1.22. The normalized spacial score (nSPS) is 10.2. The largest absolute Gasteiger partial charge is 0.505 e. The molecular weight excluding hydrogens is 184 g/mol. The molecule has 0 fully saturated rings. The first-order chi connectivity index (χ1) is 6.22. The van der Waals surface area contributed by atoms with Crippen LogP contribution in [0, 0.1) is 18.3 Å². The molecule has 4 heteroatoms. The molecule has 2 aromatic rings. The summed E-state index contributed by atoms with van der Waals surface area (Å²) in [6, 6.07) is 5.53. The third-order valence-corrected chi connectivity index (χ3v) is 2.76. The lowest BCUT2D eigenvalue weighted by atomic mass is 10.3. The van der Waals surface area contributed by atoms with E-state index in [4.69, 9.17) is 5.26 Å². The molecule has 2 rings (SSSR count). The van der Waals surface area contributed by atoms with Crippen LogP contribution < -0.4 is 0 Å². The Hall–Kier alpha value is -1.60. The Morgan fingerprint density at radius 2 is 2.31 bits per heavy atom. The first kappa shape index (κ1) is 8.02. The summed E-state index contributed by atoms with van der Waals surface area (Å²) in [7, 11) is 0. The molecule has 0 amide bonds. The van der Waals surface area contributed by atoms with Crippen LogP contribution in [0.2, 0.25) is 0 Å². The Kier molecular flexibility index (Phi) is 1.67. The molecule has 0 saturated heterocycles. The van der Waals surface area contributed by atoms with Crippen LogP contribution in [0.1, 0.15) is 10.6 Å². The fourth-order valence-corrected chi connectivity index (χ4v) is 2.04. The number of hydrogen-bond acceptors (Lipinski definition) is 4. The van der Waals surface area contributed by atoms with Crippen LogP contribution in [0.15, 0.2) is 12.1 Å². The van der Waals surface area contributed by atoms with Gasteiger partial charge in [-0.05, 0) is 19.1 Å². The smallest absolute Gasteiger partial charge is 0.153 e. The third kappa shape index (κ3) is 1.14. The molecule has 0 radical (unpaired) electrons. The van der Waals surface area contributed by atoms with Gasteiger partial charge >= 0.3 is 0 Å². The predicted molar refractivity (Wildman–Crippen MR) is 50.7 cm³/mol. The number of aryl methyl sites for hydroxylation is 1. The molecule has 1 N–H and O–H groups in total. The maximum atomic E-state index is 9.53. The van der Waals surface area contributed by atoms with E-state index < -0.39 is 0 Å². The SMILES string of the molecule is Cc1ccc2c(O)c(C#N)sc2n1. The summed E-state index contributed by atoms with van der Waals surface area (Å²) in [5.41, 5.74) is 0.887. The van der Waals surface area contributed by atoms with E-state index in [1.807, 2.05) is 19.1 Å². The van der Waals surface area contributed by atoms with Gasteiger partial charge in [-0.2, -0.15) is 5.26 Å². The molecule has 0 unspecified atom stereocenters. The number of aromatic hydroxyl groups is 1. The second-order valence-corrected chi connectivity index (χ2v) is 3.70. The van der Waals surface area contributed by atoms with Gasteiger partial charge < -0.3 is 5.11 Å². The molecule has 0 atom stereocenters. The Balaban J connectivity index is 2.86. The van der Waals surface area contributed by atoms with Gasteiger partial charge in [-0.1, -0.05) is 0 Å². The highest BCUT2D eigenvalue weighted by atomic mass is 32.1. The highest BCUT2D eigenvalue weighted by Crippen LogP contribution is 2.34. The summed E-state index contributed by atoms with van der Waals surface area (Å²) in [4.78, 5) is 5.26. The van der Waals surface area contributed by atoms with Crippen LogP contribution in [0.3, 0.4) is 0 Å². The highest BCUT2D eigenvalue weighted by Gasteiger charge is 2.10. The molecular formula is C9H6N2OS. The average Bonchev–Trinajstić information content (AvgIpc) is 2.42. The standard InChI is InChI=1S/C9H6N2OS/c1-5-2-3-6-8(12)7(4-10)13-9(6)11-5/h2-3,12H,1H3. The van der Waals surface area contributed by atoms with Crippen LogP contribution in [0.4, 0.5) is 0 Å². The minimum Gasteiger partial charge on any atom is -0.505 e. The summed E-state index contributed by atoms with van der Waals surface area (Å²) in [5, 5.41) is 18.8. The van der Waals surface area contributed by atoms with Gasteiger partial charge in [0.25, 0.3) is 0 Å². The predicted octanol–water partition coefficient (Wildman–Crippen LogP) is 2.18. The van der Waals surface area contributed by atoms with Crippen LogP contribution in [0.25, 0.3) is 10.2 Å². The van der Waals surface area contributed by atoms with E-state index in [1.165, 1.54) is 11.3 Å². The van der Waals surface area contributed by atoms with Crippen LogP contribution in [-0.2, 0) is 0 Å². The number of pyridine rings is 1. The zero-order valence-corrected chi connectivity index (χ0v) is 7.72. The number of nitrogens with zero attached hydrogens (tertiary/aromatic N) is 2. The quantitative estimate of drug-likeness (QED) is 0.692. The minimum absolute atomic E-state index is 0.0509. The summed E-state index contributed by atoms with van der Waals surface area (Å²) in [6.45, 7) is 1.88. The van der Waals surface area contributed by atoms with E-state index in [-0.39, 0.29) is 5.75 Å². The first-order valence-corrected chi connectivity index (χ1v) is 4.53. The van der Waals surface area contributed by atoms with E-state index in [0.717, 1.165) is 5.69 Å². The van der Waals surface area contributed by atoms with Crippen molar-refractivity contribution in [3.8, 4) is 11.8 Å². The van der Waals surface area contributed by atoms with Crippen LogP contribution in [-0.4, -0.2) is 10.1 Å². The fraction of sp³-hybridized carbons (Fsp3) is 0.111. The lowest BCUT2D eigenvalue weighted by Crippen LogP contribution is -1.76. The second kappa shape index (κ2) is 2.71. The molecule has 3 nitrogen and oxygen atoms in total. The van der Waals surface area contributed by atoms with Gasteiger partial charge in [0.1, 0.15) is 15.8 Å². The minimum atomic E-state index is 0.0509. The number of hydrogen-bond donors (Lipinski definition) is 1. The van der Waals surface area contributed by atoms with Crippen molar-refractivity contribution in [1.29, 1.82) is 5.26 Å². The van der Waals surface area contributed by atoms with Crippen molar-refractivity contribution in [3.05, 3.63) is 22.7 Å². The Morgan fingerprint density at radius 3 is 3.00 bits per heavy atom. The Morgan fingerprint density at radius 1 is 1.54 bits per heavy atom. The zero-order chi connectivity index (χ0) is 9.42. The average molecular weight is 190 g/mol. The Bertz CT molecular complexity index is 510. The van der Waals surface area contributed by atoms with Gasteiger partial charge in [0.05, 0.1) is 5.39 Å². The van der Waals surface area contributed by atoms with Crippen molar-refractivity contribution in [2.45, 2.75) is 6.92 Å². The summed E-state index contributed by atoms with van der Waals surface area (Å²) < 4.78 is 0. The van der Waals surface area contributed by atoms with Gasteiger partial charge in [-0.3, -0.25) is 0 Å². The molecule has 0 bridgehead atoms. The van der Waals surface area contributed by atoms with Crippen molar-refractivity contribution < 1.29 is 5.11 Å². The zero-order valence-electron chi connectivity index (χ0n) is 6.90. The van der Waals surface area contributed by atoms with Crippen molar-refractivity contribution in [1.82, 2.24) is 4.98 Å². The van der Waals surface area contributed by atoms with E-state index in [9.17, 15) is 5.11 Å². The van der Waals surface area contributed by atoms with Gasteiger partial charge in [-0.25, -0.2) is 4.98 Å². The lowest BCUT2D eigenvalue weighted by molar-refractivity contribution is 0.482. The van der Waals surface area contributed by atoms with E-state index in [1.54, 1.807) is 6.07 Å². The first-order valence-electron chi connectivity index (χ1n) is 3.71. The third-order valence-electron chi connectivity index (χ3n) is 1.77. The maximum absolute atomic E-state index is 9.53. The number of aromatic nitrogens is 1. The number of thiophene rings is 1. The van der Waals surface area contributed by atoms with Crippen molar-refractivity contribution in [2.24, 2.45) is 0 Å². The van der Waals surface area contributed by atoms with Gasteiger partial charge in [0.15, 0.2) is 5.75 Å². The topological polar surface area (TPSA) is 56.9 Å². The van der Waals surface area contributed by atoms with E-state index in [2.05, 4.69) is 4.98 Å². The van der Waals surface area contributed by atoms with Gasteiger partial charge in [0, 0.05) is 5.69 Å². The molecule has 2 heterocycles.